The third-order valence-electron chi connectivity index (χ3n) is 2.69. The van der Waals surface area contributed by atoms with Gasteiger partial charge in [0.1, 0.15) is 0 Å². The van der Waals surface area contributed by atoms with Gasteiger partial charge < -0.3 is 15.5 Å². The zero-order valence-corrected chi connectivity index (χ0v) is 11.3. The van der Waals surface area contributed by atoms with Crippen molar-refractivity contribution in [2.24, 2.45) is 0 Å². The molecule has 16 heavy (non-hydrogen) atoms. The van der Waals surface area contributed by atoms with E-state index >= 15 is 0 Å². The summed E-state index contributed by atoms with van der Waals surface area (Å²) in [5.41, 5.74) is 0. The lowest BCUT2D eigenvalue weighted by molar-refractivity contribution is 0.177. The lowest BCUT2D eigenvalue weighted by atomic mass is 10.1. The number of halogens is 1. The number of amides is 2. The zero-order valence-electron chi connectivity index (χ0n) is 9.76. The van der Waals surface area contributed by atoms with Crippen molar-refractivity contribution in [3.63, 3.8) is 0 Å². The van der Waals surface area contributed by atoms with Crippen LogP contribution in [0.1, 0.15) is 19.8 Å². The van der Waals surface area contributed by atoms with Crippen LogP contribution in [0.25, 0.3) is 0 Å². The molecule has 0 aromatic rings. The summed E-state index contributed by atoms with van der Waals surface area (Å²) in [6, 6.07) is 0.561. The van der Waals surface area contributed by atoms with Gasteiger partial charge in [0.2, 0.25) is 0 Å². The first-order valence-electron chi connectivity index (χ1n) is 5.73. The minimum absolute atomic E-state index is 0.0610. The number of urea groups is 1. The molecule has 1 heterocycles. The van der Waals surface area contributed by atoms with E-state index in [0.717, 1.165) is 37.0 Å². The van der Waals surface area contributed by atoms with Crippen LogP contribution in [0.4, 0.5) is 4.79 Å². The molecule has 1 aliphatic heterocycles. The maximum Gasteiger partial charge on any atom is 0.317 e. The van der Waals surface area contributed by atoms with Gasteiger partial charge in [0.05, 0.1) is 0 Å². The Bertz CT molecular complexity index is 250. The normalized spacial score (nSPS) is 17.2. The highest BCUT2D eigenvalue weighted by molar-refractivity contribution is 9.11. The van der Waals surface area contributed by atoms with Crippen molar-refractivity contribution in [2.45, 2.75) is 25.8 Å². The first-order valence-corrected chi connectivity index (χ1v) is 6.52. The van der Waals surface area contributed by atoms with E-state index in [1.54, 1.807) is 0 Å². The molecule has 0 radical (unpaired) electrons. The lowest BCUT2D eigenvalue weighted by Crippen LogP contribution is -2.48. The summed E-state index contributed by atoms with van der Waals surface area (Å²) in [7, 11) is 0. The number of nitrogens with one attached hydrogen (secondary N) is 2. The van der Waals surface area contributed by atoms with Crippen LogP contribution in [0, 0.1) is 0 Å². The number of carbonyl (C=O) groups excluding carboxylic acids is 1. The van der Waals surface area contributed by atoms with Crippen molar-refractivity contribution < 1.29 is 4.79 Å². The number of carbonyl (C=O) groups is 1. The minimum atomic E-state index is 0.0610. The zero-order chi connectivity index (χ0) is 12.0. The van der Waals surface area contributed by atoms with Crippen LogP contribution in [-0.4, -0.2) is 43.2 Å². The molecule has 2 N–H and O–H groups in total. The smallest absolute Gasteiger partial charge is 0.317 e. The van der Waals surface area contributed by atoms with E-state index in [0.29, 0.717) is 12.6 Å². The van der Waals surface area contributed by atoms with E-state index in [2.05, 4.69) is 33.1 Å². The third kappa shape index (κ3) is 4.53. The molecule has 1 saturated heterocycles. The number of nitrogens with zero attached hydrogens (tertiary/aromatic N) is 1. The summed E-state index contributed by atoms with van der Waals surface area (Å²) in [6.45, 7) is 8.88. The Morgan fingerprint density at radius 2 is 2.12 bits per heavy atom. The van der Waals surface area contributed by atoms with Gasteiger partial charge >= 0.3 is 6.03 Å². The van der Waals surface area contributed by atoms with Gasteiger partial charge in [-0.15, -0.1) is 0 Å². The molecule has 0 aromatic heterocycles. The molecule has 1 rings (SSSR count). The Labute approximate surface area is 106 Å². The van der Waals surface area contributed by atoms with Crippen molar-refractivity contribution in [1.29, 1.82) is 0 Å². The summed E-state index contributed by atoms with van der Waals surface area (Å²) >= 11 is 3.33. The molecule has 2 amide bonds. The van der Waals surface area contributed by atoms with Gasteiger partial charge in [-0.2, -0.15) is 0 Å². The quantitative estimate of drug-likeness (QED) is 0.827. The number of piperidine rings is 1. The Morgan fingerprint density at radius 3 is 2.62 bits per heavy atom. The fraction of sp³-hybridized carbons (Fsp3) is 0.727. The Morgan fingerprint density at radius 1 is 1.50 bits per heavy atom. The first kappa shape index (κ1) is 13.5. The van der Waals surface area contributed by atoms with Crippen LogP contribution >= 0.6 is 15.9 Å². The highest BCUT2D eigenvalue weighted by Gasteiger charge is 2.21. The fourth-order valence-corrected chi connectivity index (χ4v) is 1.97. The number of likely N-dealkylation sites (tertiary alicyclic amines) is 1. The molecule has 92 valence electrons. The monoisotopic (exact) mass is 289 g/mol. The summed E-state index contributed by atoms with van der Waals surface area (Å²) in [4.78, 5) is 13.4. The van der Waals surface area contributed by atoms with Gasteiger partial charge in [0.15, 0.2) is 0 Å². The molecule has 4 nitrogen and oxygen atoms in total. The van der Waals surface area contributed by atoms with Crippen molar-refractivity contribution in [2.75, 3.05) is 26.2 Å². The number of rotatable bonds is 4. The van der Waals surface area contributed by atoms with Crippen molar-refractivity contribution in [1.82, 2.24) is 15.5 Å². The highest BCUT2D eigenvalue weighted by Crippen LogP contribution is 2.11. The van der Waals surface area contributed by atoms with E-state index in [1.807, 2.05) is 11.8 Å². The van der Waals surface area contributed by atoms with Gasteiger partial charge in [0, 0.05) is 36.7 Å². The van der Waals surface area contributed by atoms with Crippen molar-refractivity contribution in [3.8, 4) is 0 Å². The van der Waals surface area contributed by atoms with Crippen LogP contribution in [0.5, 0.6) is 0 Å². The molecule has 0 unspecified atom stereocenters. The molecule has 0 aliphatic carbocycles. The highest BCUT2D eigenvalue weighted by atomic mass is 79.9. The minimum Gasteiger partial charge on any atom is -0.338 e. The van der Waals surface area contributed by atoms with Crippen LogP contribution in [0.3, 0.4) is 0 Å². The molecule has 0 atom stereocenters. The largest absolute Gasteiger partial charge is 0.338 e. The second kappa shape index (κ2) is 6.91. The van der Waals surface area contributed by atoms with E-state index in [9.17, 15) is 4.79 Å². The molecule has 0 saturated carbocycles. The predicted molar refractivity (Wildman–Crippen MR) is 69.7 cm³/mol. The van der Waals surface area contributed by atoms with Crippen molar-refractivity contribution in [3.05, 3.63) is 11.1 Å². The second-order valence-electron chi connectivity index (χ2n) is 3.99. The average molecular weight is 290 g/mol. The van der Waals surface area contributed by atoms with Gasteiger partial charge in [-0.3, -0.25) is 0 Å². The summed E-state index contributed by atoms with van der Waals surface area (Å²) in [5.74, 6) is 0. The molecule has 0 aromatic carbocycles. The Hall–Kier alpha value is -0.550. The Kier molecular flexibility index (Phi) is 5.84. The summed E-state index contributed by atoms with van der Waals surface area (Å²) in [5, 5.41) is 6.23. The Balaban J connectivity index is 2.23. The maximum absolute atomic E-state index is 11.5. The summed E-state index contributed by atoms with van der Waals surface area (Å²) in [6.07, 6.45) is 2.02. The number of hydrogen-bond donors (Lipinski definition) is 2. The van der Waals surface area contributed by atoms with Gasteiger partial charge in [-0.05, 0) is 19.8 Å². The van der Waals surface area contributed by atoms with Gasteiger partial charge in [-0.1, -0.05) is 22.5 Å². The standard InChI is InChI=1S/C11H20BrN3O/c1-3-13-11(16)15-6-4-10(5-7-15)14-8-9(2)12/h10,14H,2-8H2,1H3,(H,13,16). The van der Waals surface area contributed by atoms with E-state index in [1.165, 1.54) is 0 Å². The van der Waals surface area contributed by atoms with Gasteiger partial charge in [0.25, 0.3) is 0 Å². The third-order valence-corrected chi connectivity index (χ3v) is 2.97. The molecule has 1 aliphatic rings. The fourth-order valence-electron chi connectivity index (χ4n) is 1.80. The lowest BCUT2D eigenvalue weighted by Gasteiger charge is -2.32. The van der Waals surface area contributed by atoms with Gasteiger partial charge in [-0.25, -0.2) is 4.79 Å². The predicted octanol–water partition coefficient (Wildman–Crippen LogP) is 1.68. The van der Waals surface area contributed by atoms with Crippen LogP contribution in [-0.2, 0) is 0 Å². The van der Waals surface area contributed by atoms with E-state index in [-0.39, 0.29) is 6.03 Å². The van der Waals surface area contributed by atoms with Crippen LogP contribution < -0.4 is 10.6 Å². The van der Waals surface area contributed by atoms with Crippen LogP contribution in [0.15, 0.2) is 11.1 Å². The summed E-state index contributed by atoms with van der Waals surface area (Å²) < 4.78 is 0.971. The molecular weight excluding hydrogens is 270 g/mol. The number of hydrogen-bond acceptors (Lipinski definition) is 2. The average Bonchev–Trinajstić information content (AvgIpc) is 2.27. The second-order valence-corrected chi connectivity index (χ2v) is 5.12. The first-order chi connectivity index (χ1) is 7.63. The molecule has 5 heteroatoms. The SMILES string of the molecule is C=C(Br)CNC1CCN(C(=O)NCC)CC1. The maximum atomic E-state index is 11.5. The topological polar surface area (TPSA) is 44.4 Å². The van der Waals surface area contributed by atoms with Crippen LogP contribution in [0.2, 0.25) is 0 Å². The molecule has 1 fully saturated rings. The molecular formula is C11H20BrN3O. The molecule has 0 spiro atoms. The van der Waals surface area contributed by atoms with Crippen molar-refractivity contribution >= 4 is 22.0 Å². The molecule has 0 bridgehead atoms. The van der Waals surface area contributed by atoms with E-state index in [4.69, 9.17) is 0 Å². The van der Waals surface area contributed by atoms with E-state index < -0.39 is 0 Å².